The van der Waals surface area contributed by atoms with Crippen LogP contribution in [0.2, 0.25) is 0 Å². The molecule has 1 unspecified atom stereocenters. The van der Waals surface area contributed by atoms with Crippen molar-refractivity contribution >= 4 is 23.4 Å². The van der Waals surface area contributed by atoms with Crippen LogP contribution in [0, 0.1) is 0 Å². The van der Waals surface area contributed by atoms with Crippen molar-refractivity contribution in [3.05, 3.63) is 58.9 Å². The molecule has 2 aromatic rings. The number of phenols is 1. The van der Waals surface area contributed by atoms with Crippen LogP contribution in [0.3, 0.4) is 0 Å². The summed E-state index contributed by atoms with van der Waals surface area (Å²) in [6.07, 6.45) is 0.601. The van der Waals surface area contributed by atoms with Crippen LogP contribution in [-0.4, -0.2) is 48.6 Å². The fraction of sp³-hybridized carbons (Fsp3) is 0.261. The van der Waals surface area contributed by atoms with Gasteiger partial charge in [-0.2, -0.15) is 10.9 Å². The van der Waals surface area contributed by atoms with Crippen LogP contribution in [0.25, 0.3) is 0 Å². The summed E-state index contributed by atoms with van der Waals surface area (Å²) in [4.78, 5) is 39.2. The van der Waals surface area contributed by atoms with Crippen molar-refractivity contribution in [2.45, 2.75) is 19.4 Å². The van der Waals surface area contributed by atoms with E-state index in [1.807, 2.05) is 19.1 Å². The third-order valence-electron chi connectivity index (χ3n) is 5.52. The molecule has 2 aliphatic heterocycles. The average molecular weight is 468 g/mol. The number of rotatable bonds is 7. The summed E-state index contributed by atoms with van der Waals surface area (Å²) < 4.78 is 10.8. The first kappa shape index (κ1) is 22.9. The molecule has 0 aromatic heterocycles. The standard InChI is InChI=1S/C23H25N5O6/c1-4-14(12-8-9-16-17(10-12)34-11-33-16)24-18-19(22(31)27-26-21(18)30)25-15-7-5-6-13(20(15)29)23(32)28(2)3/h5-10,14,29H,4,11H2,1-3H3,(H2,24,27,31)(H2,25,26,30)/p+1. The van der Waals surface area contributed by atoms with E-state index in [2.05, 4.69) is 16.1 Å². The molecule has 4 rings (SSSR count). The highest BCUT2D eigenvalue weighted by molar-refractivity contribution is 6.06. The summed E-state index contributed by atoms with van der Waals surface area (Å²) in [5, 5.41) is 16.7. The van der Waals surface area contributed by atoms with Gasteiger partial charge in [0, 0.05) is 14.1 Å². The second-order valence-electron chi connectivity index (χ2n) is 7.98. The molecule has 178 valence electrons. The van der Waals surface area contributed by atoms with Crippen LogP contribution in [0.1, 0.15) is 35.3 Å². The highest BCUT2D eigenvalue weighted by Gasteiger charge is 2.33. The smallest absolute Gasteiger partial charge is 0.385 e. The highest BCUT2D eigenvalue weighted by atomic mass is 16.7. The first-order chi connectivity index (χ1) is 16.3. The fourth-order valence-corrected chi connectivity index (χ4v) is 3.69. The first-order valence-electron chi connectivity index (χ1n) is 10.7. The van der Waals surface area contributed by atoms with Crippen molar-refractivity contribution < 1.29 is 34.4 Å². The number of benzene rings is 2. The number of para-hydroxylation sites is 1. The van der Waals surface area contributed by atoms with Gasteiger partial charge in [0.05, 0.1) is 17.3 Å². The summed E-state index contributed by atoms with van der Waals surface area (Å²) in [7, 11) is 3.13. The fourth-order valence-electron chi connectivity index (χ4n) is 3.69. The number of nitrogens with zero attached hydrogens (tertiary/aromatic N) is 1. The maximum Gasteiger partial charge on any atom is 0.385 e. The number of quaternary nitrogens is 1. The Bertz CT molecular complexity index is 1190. The second-order valence-corrected chi connectivity index (χ2v) is 7.98. The minimum absolute atomic E-state index is 0.0389. The van der Waals surface area contributed by atoms with Crippen molar-refractivity contribution in [1.29, 1.82) is 0 Å². The first-order valence-corrected chi connectivity index (χ1v) is 10.7. The van der Waals surface area contributed by atoms with E-state index in [-0.39, 0.29) is 41.2 Å². The quantitative estimate of drug-likeness (QED) is 0.222. The highest BCUT2D eigenvalue weighted by Crippen LogP contribution is 2.35. The molecule has 0 radical (unpaired) electrons. The molecule has 11 heteroatoms. The lowest BCUT2D eigenvalue weighted by atomic mass is 10.0. The molecular formula is C23H26N5O6+. The average Bonchev–Trinajstić information content (AvgIpc) is 3.30. The second kappa shape index (κ2) is 9.32. The van der Waals surface area contributed by atoms with Gasteiger partial charge in [0.25, 0.3) is 5.91 Å². The molecule has 0 spiro atoms. The summed E-state index contributed by atoms with van der Waals surface area (Å²) in [6, 6.07) is 9.73. The third kappa shape index (κ3) is 4.33. The Morgan fingerprint density at radius 1 is 1.18 bits per heavy atom. The minimum atomic E-state index is -0.564. The lowest BCUT2D eigenvalue weighted by Crippen LogP contribution is -3.00. The van der Waals surface area contributed by atoms with Crippen LogP contribution < -0.4 is 31.0 Å². The van der Waals surface area contributed by atoms with Crippen molar-refractivity contribution in [3.63, 3.8) is 0 Å². The molecule has 6 N–H and O–H groups in total. The summed E-state index contributed by atoms with van der Waals surface area (Å²) in [5.74, 6) is -0.487. The van der Waals surface area contributed by atoms with Crippen molar-refractivity contribution in [3.8, 4) is 17.2 Å². The summed E-state index contributed by atoms with van der Waals surface area (Å²) in [6.45, 7) is 2.09. The summed E-state index contributed by atoms with van der Waals surface area (Å²) in [5.41, 5.74) is 4.47. The van der Waals surface area contributed by atoms with E-state index >= 15 is 0 Å². The van der Waals surface area contributed by atoms with E-state index in [1.165, 1.54) is 17.0 Å². The van der Waals surface area contributed by atoms with Crippen LogP contribution in [-0.2, 0) is 9.59 Å². The Hall–Kier alpha value is -4.25. The number of nitrogens with one attached hydrogen (secondary N) is 3. The van der Waals surface area contributed by atoms with Gasteiger partial charge < -0.3 is 30.1 Å². The predicted molar refractivity (Wildman–Crippen MR) is 121 cm³/mol. The maximum absolute atomic E-state index is 12.8. The Kier molecular flexibility index (Phi) is 6.28. The molecule has 11 nitrogen and oxygen atoms in total. The van der Waals surface area contributed by atoms with Gasteiger partial charge in [0.15, 0.2) is 22.9 Å². The van der Waals surface area contributed by atoms with Crippen LogP contribution in [0.15, 0.2) is 47.8 Å². The Morgan fingerprint density at radius 2 is 1.94 bits per heavy atom. The van der Waals surface area contributed by atoms with Gasteiger partial charge in [-0.1, -0.05) is 19.1 Å². The van der Waals surface area contributed by atoms with E-state index in [0.29, 0.717) is 17.9 Å². The van der Waals surface area contributed by atoms with Crippen LogP contribution in [0.5, 0.6) is 17.2 Å². The molecule has 2 aromatic carbocycles. The lowest BCUT2D eigenvalue weighted by molar-refractivity contribution is -0.612. The van der Waals surface area contributed by atoms with E-state index in [4.69, 9.17) is 9.47 Å². The molecule has 0 saturated heterocycles. The number of ether oxygens (including phenoxy) is 2. The molecule has 0 aliphatic carbocycles. The SMILES string of the molecule is CCC(NC1=C(Nc2cccc(C(=O)N(C)C)c2O)C(=O)N[NH2+]C1=O)c1ccc2c(c1)OCO2. The van der Waals surface area contributed by atoms with E-state index in [0.717, 1.165) is 11.0 Å². The zero-order chi connectivity index (χ0) is 24.4. The number of carbonyl (C=O) groups excluding carboxylic acids is 3. The van der Waals surface area contributed by atoms with E-state index in [1.54, 1.807) is 26.2 Å². The van der Waals surface area contributed by atoms with Gasteiger partial charge in [0.2, 0.25) is 6.79 Å². The minimum Gasteiger partial charge on any atom is -0.505 e. The Morgan fingerprint density at radius 3 is 2.68 bits per heavy atom. The van der Waals surface area contributed by atoms with Crippen LogP contribution in [0.4, 0.5) is 5.69 Å². The number of phenolic OH excluding ortho intramolecular Hbond substituents is 1. The monoisotopic (exact) mass is 468 g/mol. The summed E-state index contributed by atoms with van der Waals surface area (Å²) >= 11 is 0. The van der Waals surface area contributed by atoms with E-state index in [9.17, 15) is 19.5 Å². The molecule has 3 amide bonds. The number of nitrogens with two attached hydrogens (primary N) is 1. The molecule has 2 aliphatic rings. The molecular weight excluding hydrogens is 442 g/mol. The normalized spacial score (nSPS) is 15.6. The number of amides is 3. The number of primary amides is 1. The van der Waals surface area contributed by atoms with Gasteiger partial charge >= 0.3 is 11.8 Å². The third-order valence-corrected chi connectivity index (χ3v) is 5.52. The molecule has 2 heterocycles. The zero-order valence-corrected chi connectivity index (χ0v) is 19.0. The number of carbonyl (C=O) groups is 3. The molecule has 34 heavy (non-hydrogen) atoms. The predicted octanol–water partition coefficient (Wildman–Crippen LogP) is 0.322. The Labute approximate surface area is 195 Å². The van der Waals surface area contributed by atoms with Crippen molar-refractivity contribution in [1.82, 2.24) is 15.6 Å². The topological polar surface area (TPSA) is 146 Å². The van der Waals surface area contributed by atoms with Gasteiger partial charge in [-0.05, 0) is 36.2 Å². The maximum atomic E-state index is 12.8. The molecule has 0 bridgehead atoms. The van der Waals surface area contributed by atoms with Gasteiger partial charge in [0.1, 0.15) is 5.70 Å². The number of aromatic hydroxyl groups is 1. The number of fused-ring (bicyclic) bond motifs is 1. The van der Waals surface area contributed by atoms with E-state index < -0.39 is 17.7 Å². The van der Waals surface area contributed by atoms with Gasteiger partial charge in [-0.25, -0.2) is 4.79 Å². The van der Waals surface area contributed by atoms with Crippen molar-refractivity contribution in [2.24, 2.45) is 0 Å². The lowest BCUT2D eigenvalue weighted by Gasteiger charge is -2.24. The molecule has 1 atom stereocenters. The van der Waals surface area contributed by atoms with Gasteiger partial charge in [-0.3, -0.25) is 9.59 Å². The van der Waals surface area contributed by atoms with Crippen LogP contribution >= 0.6 is 0 Å². The number of hydrogen-bond donors (Lipinski definition) is 5. The van der Waals surface area contributed by atoms with Crippen molar-refractivity contribution in [2.75, 3.05) is 26.2 Å². The number of hydrogen-bond acceptors (Lipinski definition) is 8. The number of anilines is 1. The van der Waals surface area contributed by atoms with Gasteiger partial charge in [-0.15, -0.1) is 0 Å². The molecule has 0 fully saturated rings. The zero-order valence-electron chi connectivity index (χ0n) is 19.0. The largest absolute Gasteiger partial charge is 0.505 e. The molecule has 0 saturated carbocycles. The Balaban J connectivity index is 1.68.